The Balaban J connectivity index is 2.12. The normalized spacial score (nSPS) is 10.2. The number of nitrogens with zero attached hydrogens (tertiary/aromatic N) is 1. The number of benzene rings is 2. The first-order valence-corrected chi connectivity index (χ1v) is 6.61. The van der Waals surface area contributed by atoms with Crippen molar-refractivity contribution >= 4 is 6.08 Å². The molecule has 0 spiro atoms. The lowest BCUT2D eigenvalue weighted by molar-refractivity contribution is 1.33. The largest absolute Gasteiger partial charge is 0.265 e. The average Bonchev–Trinajstić information content (AvgIpc) is 2.56. The van der Waals surface area contributed by atoms with Gasteiger partial charge in [0.2, 0.25) is 0 Å². The second kappa shape index (κ2) is 5.54. The summed E-state index contributed by atoms with van der Waals surface area (Å²) < 4.78 is 0. The summed E-state index contributed by atoms with van der Waals surface area (Å²) in [7, 11) is 0. The molecule has 0 N–H and O–H groups in total. The smallest absolute Gasteiger partial charge is 0.0273 e. The van der Waals surface area contributed by atoms with Crippen LogP contribution in [0.3, 0.4) is 0 Å². The Kier molecular flexibility index (Phi) is 3.42. The van der Waals surface area contributed by atoms with Crippen LogP contribution < -0.4 is 0 Å². The molecule has 20 heavy (non-hydrogen) atoms. The lowest BCUT2D eigenvalue weighted by Crippen LogP contribution is -1.85. The molecule has 3 aromatic rings. The van der Waals surface area contributed by atoms with E-state index in [9.17, 15) is 0 Å². The first-order valence-electron chi connectivity index (χ1n) is 6.61. The number of aromatic nitrogens is 1. The highest BCUT2D eigenvalue weighted by Crippen LogP contribution is 2.31. The van der Waals surface area contributed by atoms with Crippen molar-refractivity contribution in [2.75, 3.05) is 0 Å². The summed E-state index contributed by atoms with van der Waals surface area (Å²) in [5.74, 6) is 0. The highest BCUT2D eigenvalue weighted by atomic mass is 14.6. The van der Waals surface area contributed by atoms with E-state index in [-0.39, 0.29) is 0 Å². The van der Waals surface area contributed by atoms with Crippen LogP contribution in [-0.4, -0.2) is 4.98 Å². The van der Waals surface area contributed by atoms with Crippen molar-refractivity contribution in [1.82, 2.24) is 4.98 Å². The van der Waals surface area contributed by atoms with Crippen LogP contribution in [0.25, 0.3) is 28.3 Å². The van der Waals surface area contributed by atoms with Crippen molar-refractivity contribution in [3.05, 3.63) is 85.2 Å². The molecule has 96 valence electrons. The van der Waals surface area contributed by atoms with Crippen molar-refractivity contribution in [3.63, 3.8) is 0 Å². The number of rotatable bonds is 3. The van der Waals surface area contributed by atoms with E-state index in [4.69, 9.17) is 0 Å². The molecule has 1 heterocycles. The molecule has 0 fully saturated rings. The third kappa shape index (κ3) is 2.39. The van der Waals surface area contributed by atoms with Crippen LogP contribution in [0.1, 0.15) is 5.56 Å². The SMILES string of the molecule is C=Cc1ccc(-c2ccccc2-c2ccncc2)cc1. The summed E-state index contributed by atoms with van der Waals surface area (Å²) in [6.45, 7) is 3.79. The van der Waals surface area contributed by atoms with E-state index in [0.29, 0.717) is 0 Å². The maximum atomic E-state index is 4.08. The Hall–Kier alpha value is -2.67. The van der Waals surface area contributed by atoms with E-state index < -0.39 is 0 Å². The summed E-state index contributed by atoms with van der Waals surface area (Å²) in [4.78, 5) is 4.08. The first kappa shape index (κ1) is 12.4. The van der Waals surface area contributed by atoms with Gasteiger partial charge in [-0.1, -0.05) is 61.2 Å². The average molecular weight is 257 g/mol. The summed E-state index contributed by atoms with van der Waals surface area (Å²) in [5, 5.41) is 0. The molecule has 0 aliphatic rings. The first-order chi connectivity index (χ1) is 9.88. The monoisotopic (exact) mass is 257 g/mol. The lowest BCUT2D eigenvalue weighted by Gasteiger charge is -2.10. The Morgan fingerprint density at radius 2 is 1.25 bits per heavy atom. The maximum absolute atomic E-state index is 4.08. The van der Waals surface area contributed by atoms with Gasteiger partial charge < -0.3 is 0 Å². The standard InChI is InChI=1S/C19H15N/c1-2-15-7-9-16(10-8-15)18-5-3-4-6-19(18)17-11-13-20-14-12-17/h2-14H,1H2. The van der Waals surface area contributed by atoms with E-state index in [1.54, 1.807) is 0 Å². The van der Waals surface area contributed by atoms with Crippen LogP contribution >= 0.6 is 0 Å². The van der Waals surface area contributed by atoms with E-state index >= 15 is 0 Å². The summed E-state index contributed by atoms with van der Waals surface area (Å²) in [6.07, 6.45) is 5.51. The molecule has 0 saturated heterocycles. The summed E-state index contributed by atoms with van der Waals surface area (Å²) in [6, 6.07) is 21.0. The topological polar surface area (TPSA) is 12.9 Å². The van der Waals surface area contributed by atoms with Gasteiger partial charge in [-0.05, 0) is 39.9 Å². The number of hydrogen-bond donors (Lipinski definition) is 0. The molecule has 1 heteroatoms. The third-order valence-corrected chi connectivity index (χ3v) is 3.38. The van der Waals surface area contributed by atoms with Gasteiger partial charge in [0.15, 0.2) is 0 Å². The molecule has 3 rings (SSSR count). The molecule has 0 unspecified atom stereocenters. The minimum absolute atomic E-state index is 1.13. The molecule has 1 nitrogen and oxygen atoms in total. The zero-order chi connectivity index (χ0) is 13.8. The van der Waals surface area contributed by atoms with E-state index in [1.165, 1.54) is 22.3 Å². The van der Waals surface area contributed by atoms with Crippen molar-refractivity contribution in [2.45, 2.75) is 0 Å². The Morgan fingerprint density at radius 1 is 0.700 bits per heavy atom. The van der Waals surface area contributed by atoms with Crippen molar-refractivity contribution in [2.24, 2.45) is 0 Å². The highest BCUT2D eigenvalue weighted by molar-refractivity contribution is 5.83. The minimum atomic E-state index is 1.13. The molecule has 0 amide bonds. The molecule has 0 aliphatic carbocycles. The molecule has 0 radical (unpaired) electrons. The van der Waals surface area contributed by atoms with Crippen LogP contribution in [0.4, 0.5) is 0 Å². The van der Waals surface area contributed by atoms with Gasteiger partial charge in [-0.3, -0.25) is 4.98 Å². The molecule has 1 aromatic heterocycles. The Bertz CT molecular complexity index is 712. The zero-order valence-corrected chi connectivity index (χ0v) is 11.2. The van der Waals surface area contributed by atoms with Gasteiger partial charge in [-0.15, -0.1) is 0 Å². The van der Waals surface area contributed by atoms with Gasteiger partial charge in [-0.2, -0.15) is 0 Å². The Morgan fingerprint density at radius 3 is 1.80 bits per heavy atom. The fourth-order valence-electron chi connectivity index (χ4n) is 2.32. The molecule has 0 bridgehead atoms. The van der Waals surface area contributed by atoms with Gasteiger partial charge in [0, 0.05) is 12.4 Å². The third-order valence-electron chi connectivity index (χ3n) is 3.38. The molecule has 0 atom stereocenters. The quantitative estimate of drug-likeness (QED) is 0.639. The van der Waals surface area contributed by atoms with Crippen molar-refractivity contribution in [3.8, 4) is 22.3 Å². The van der Waals surface area contributed by atoms with E-state index in [0.717, 1.165) is 5.56 Å². The predicted octanol–water partition coefficient (Wildman–Crippen LogP) is 5.06. The van der Waals surface area contributed by atoms with E-state index in [2.05, 4.69) is 60.1 Å². The fourth-order valence-corrected chi connectivity index (χ4v) is 2.32. The van der Waals surface area contributed by atoms with Crippen LogP contribution in [-0.2, 0) is 0 Å². The Labute approximate surface area is 119 Å². The van der Waals surface area contributed by atoms with Crippen LogP contribution in [0, 0.1) is 0 Å². The molecule has 0 saturated carbocycles. The van der Waals surface area contributed by atoms with Crippen LogP contribution in [0.15, 0.2) is 79.6 Å². The fraction of sp³-hybridized carbons (Fsp3) is 0. The minimum Gasteiger partial charge on any atom is -0.265 e. The number of hydrogen-bond acceptors (Lipinski definition) is 1. The van der Waals surface area contributed by atoms with Crippen LogP contribution in [0.2, 0.25) is 0 Å². The van der Waals surface area contributed by atoms with Crippen molar-refractivity contribution < 1.29 is 0 Å². The van der Waals surface area contributed by atoms with Gasteiger partial charge in [0.1, 0.15) is 0 Å². The molecular weight excluding hydrogens is 242 g/mol. The molecular formula is C19H15N. The second-order valence-electron chi connectivity index (χ2n) is 4.61. The molecule has 2 aromatic carbocycles. The number of pyridine rings is 1. The van der Waals surface area contributed by atoms with Gasteiger partial charge >= 0.3 is 0 Å². The second-order valence-corrected chi connectivity index (χ2v) is 4.61. The van der Waals surface area contributed by atoms with Crippen LogP contribution in [0.5, 0.6) is 0 Å². The van der Waals surface area contributed by atoms with Gasteiger partial charge in [0.25, 0.3) is 0 Å². The molecule has 0 aliphatic heterocycles. The predicted molar refractivity (Wildman–Crippen MR) is 85.2 cm³/mol. The summed E-state index contributed by atoms with van der Waals surface area (Å²) >= 11 is 0. The van der Waals surface area contributed by atoms with Crippen molar-refractivity contribution in [1.29, 1.82) is 0 Å². The van der Waals surface area contributed by atoms with E-state index in [1.807, 2.05) is 30.6 Å². The zero-order valence-electron chi connectivity index (χ0n) is 11.2. The highest BCUT2D eigenvalue weighted by Gasteiger charge is 2.06. The maximum Gasteiger partial charge on any atom is 0.0273 e. The summed E-state index contributed by atoms with van der Waals surface area (Å²) in [5.41, 5.74) is 5.98. The van der Waals surface area contributed by atoms with Gasteiger partial charge in [-0.25, -0.2) is 0 Å². The van der Waals surface area contributed by atoms with Gasteiger partial charge in [0.05, 0.1) is 0 Å². The lowest BCUT2D eigenvalue weighted by atomic mass is 9.95.